The highest BCUT2D eigenvalue weighted by Crippen LogP contribution is 2.27. The minimum atomic E-state index is 0.409. The van der Waals surface area contributed by atoms with E-state index in [4.69, 9.17) is 0 Å². The Kier molecular flexibility index (Phi) is 2.23. The van der Waals surface area contributed by atoms with E-state index in [-0.39, 0.29) is 0 Å². The Labute approximate surface area is 78.6 Å². The van der Waals surface area contributed by atoms with E-state index in [1.54, 1.807) is 0 Å². The maximum atomic E-state index is 9.53. The van der Waals surface area contributed by atoms with Crippen molar-refractivity contribution in [2.45, 2.75) is 25.8 Å². The Morgan fingerprint density at radius 1 is 1.46 bits per heavy atom. The van der Waals surface area contributed by atoms with E-state index in [2.05, 4.69) is 11.4 Å². The van der Waals surface area contributed by atoms with Gasteiger partial charge in [0.05, 0.1) is 0 Å². The zero-order valence-corrected chi connectivity index (χ0v) is 7.88. The van der Waals surface area contributed by atoms with Crippen LogP contribution in [0.3, 0.4) is 0 Å². The van der Waals surface area contributed by atoms with E-state index in [0.29, 0.717) is 11.8 Å². The predicted octanol–water partition coefficient (Wildman–Crippen LogP) is 2.13. The molecule has 1 aliphatic rings. The molecule has 0 saturated carbocycles. The van der Waals surface area contributed by atoms with Gasteiger partial charge in [0.1, 0.15) is 5.75 Å². The second kappa shape index (κ2) is 3.38. The van der Waals surface area contributed by atoms with E-state index in [1.807, 2.05) is 19.1 Å². The third-order valence-electron chi connectivity index (χ3n) is 2.70. The molecule has 0 amide bonds. The number of aryl methyl sites for hydroxylation is 1. The first-order chi connectivity index (χ1) is 6.27. The number of benzene rings is 1. The first-order valence-corrected chi connectivity index (χ1v) is 4.80. The van der Waals surface area contributed by atoms with Gasteiger partial charge in [-0.1, -0.05) is 12.1 Å². The molecule has 1 saturated heterocycles. The average molecular weight is 177 g/mol. The molecule has 1 heterocycles. The monoisotopic (exact) mass is 177 g/mol. The number of phenols is 1. The normalized spacial score (nSPS) is 22.1. The maximum absolute atomic E-state index is 9.53. The standard InChI is InChI=1S/C11H15NO/c1-8-4-5-9(7-11(8)13)10-3-2-6-12-10/h4-5,7,10,12-13H,2-3,6H2,1H3/t10-/m0/s1. The van der Waals surface area contributed by atoms with Crippen molar-refractivity contribution in [2.24, 2.45) is 0 Å². The van der Waals surface area contributed by atoms with Crippen LogP contribution in [0.25, 0.3) is 0 Å². The SMILES string of the molecule is Cc1ccc([C@@H]2CCCN2)cc1O. The average Bonchev–Trinajstić information content (AvgIpc) is 2.62. The Bertz CT molecular complexity index is 303. The Morgan fingerprint density at radius 3 is 2.92 bits per heavy atom. The van der Waals surface area contributed by atoms with Gasteiger partial charge in [-0.3, -0.25) is 0 Å². The topological polar surface area (TPSA) is 32.3 Å². The summed E-state index contributed by atoms with van der Waals surface area (Å²) in [6.07, 6.45) is 2.42. The fraction of sp³-hybridized carbons (Fsp3) is 0.455. The lowest BCUT2D eigenvalue weighted by Gasteiger charge is -2.11. The molecule has 1 atom stereocenters. The summed E-state index contributed by atoms with van der Waals surface area (Å²) in [4.78, 5) is 0. The summed E-state index contributed by atoms with van der Waals surface area (Å²) in [5.41, 5.74) is 2.15. The number of nitrogens with one attached hydrogen (secondary N) is 1. The number of hydrogen-bond donors (Lipinski definition) is 2. The molecule has 0 aliphatic carbocycles. The fourth-order valence-corrected chi connectivity index (χ4v) is 1.81. The van der Waals surface area contributed by atoms with Gasteiger partial charge in [0, 0.05) is 6.04 Å². The van der Waals surface area contributed by atoms with Gasteiger partial charge >= 0.3 is 0 Å². The van der Waals surface area contributed by atoms with Crippen molar-refractivity contribution in [3.8, 4) is 5.75 Å². The highest BCUT2D eigenvalue weighted by Gasteiger charge is 2.16. The van der Waals surface area contributed by atoms with Crippen molar-refractivity contribution < 1.29 is 5.11 Å². The molecule has 1 aromatic rings. The lowest BCUT2D eigenvalue weighted by molar-refractivity contribution is 0.469. The minimum absolute atomic E-state index is 0.409. The third kappa shape index (κ3) is 1.68. The number of rotatable bonds is 1. The molecule has 0 unspecified atom stereocenters. The van der Waals surface area contributed by atoms with Gasteiger partial charge < -0.3 is 10.4 Å². The minimum Gasteiger partial charge on any atom is -0.508 e. The molecule has 2 nitrogen and oxygen atoms in total. The first kappa shape index (κ1) is 8.57. The molecular formula is C11H15NO. The van der Waals surface area contributed by atoms with Gasteiger partial charge in [0.15, 0.2) is 0 Å². The van der Waals surface area contributed by atoms with Crippen LogP contribution in [-0.2, 0) is 0 Å². The van der Waals surface area contributed by atoms with Gasteiger partial charge in [-0.25, -0.2) is 0 Å². The van der Waals surface area contributed by atoms with Crippen molar-refractivity contribution in [1.82, 2.24) is 5.32 Å². The molecule has 0 spiro atoms. The quantitative estimate of drug-likeness (QED) is 0.688. The zero-order valence-electron chi connectivity index (χ0n) is 7.88. The molecule has 0 radical (unpaired) electrons. The maximum Gasteiger partial charge on any atom is 0.118 e. The second-order valence-corrected chi connectivity index (χ2v) is 3.69. The van der Waals surface area contributed by atoms with E-state index in [9.17, 15) is 5.11 Å². The van der Waals surface area contributed by atoms with Gasteiger partial charge in [0.25, 0.3) is 0 Å². The van der Waals surface area contributed by atoms with Gasteiger partial charge in [-0.2, -0.15) is 0 Å². The summed E-state index contributed by atoms with van der Waals surface area (Å²) < 4.78 is 0. The molecular weight excluding hydrogens is 162 g/mol. The molecule has 1 aromatic carbocycles. The summed E-state index contributed by atoms with van der Waals surface area (Å²) >= 11 is 0. The van der Waals surface area contributed by atoms with Crippen LogP contribution in [0.15, 0.2) is 18.2 Å². The largest absolute Gasteiger partial charge is 0.508 e. The summed E-state index contributed by atoms with van der Waals surface area (Å²) in [5.74, 6) is 0.409. The van der Waals surface area contributed by atoms with E-state index in [0.717, 1.165) is 12.1 Å². The third-order valence-corrected chi connectivity index (χ3v) is 2.70. The van der Waals surface area contributed by atoms with Crippen LogP contribution in [-0.4, -0.2) is 11.7 Å². The Balaban J connectivity index is 2.25. The van der Waals surface area contributed by atoms with Crippen molar-refractivity contribution >= 4 is 0 Å². The predicted molar refractivity (Wildman–Crippen MR) is 52.8 cm³/mol. The van der Waals surface area contributed by atoms with Gasteiger partial charge in [-0.15, -0.1) is 0 Å². The van der Waals surface area contributed by atoms with Crippen LogP contribution in [0.4, 0.5) is 0 Å². The Hall–Kier alpha value is -1.02. The molecule has 2 heteroatoms. The van der Waals surface area contributed by atoms with Crippen LogP contribution < -0.4 is 5.32 Å². The van der Waals surface area contributed by atoms with E-state index in [1.165, 1.54) is 18.4 Å². The number of hydrogen-bond acceptors (Lipinski definition) is 2. The molecule has 0 aromatic heterocycles. The van der Waals surface area contributed by atoms with Crippen molar-refractivity contribution in [3.05, 3.63) is 29.3 Å². The zero-order chi connectivity index (χ0) is 9.26. The van der Waals surface area contributed by atoms with Crippen LogP contribution in [0.1, 0.15) is 30.0 Å². The second-order valence-electron chi connectivity index (χ2n) is 3.69. The van der Waals surface area contributed by atoms with Crippen LogP contribution in [0.5, 0.6) is 5.75 Å². The molecule has 2 rings (SSSR count). The lowest BCUT2D eigenvalue weighted by atomic mass is 10.0. The van der Waals surface area contributed by atoms with E-state index >= 15 is 0 Å². The summed E-state index contributed by atoms with van der Waals surface area (Å²) in [7, 11) is 0. The molecule has 1 fully saturated rings. The molecule has 1 aliphatic heterocycles. The number of aromatic hydroxyl groups is 1. The van der Waals surface area contributed by atoms with Crippen LogP contribution in [0.2, 0.25) is 0 Å². The molecule has 0 bridgehead atoms. The van der Waals surface area contributed by atoms with Crippen molar-refractivity contribution in [1.29, 1.82) is 0 Å². The molecule has 70 valence electrons. The summed E-state index contributed by atoms with van der Waals surface area (Å²) in [6.45, 7) is 3.01. The summed E-state index contributed by atoms with van der Waals surface area (Å²) in [6, 6.07) is 6.40. The lowest BCUT2D eigenvalue weighted by Crippen LogP contribution is -2.12. The van der Waals surface area contributed by atoms with Crippen LogP contribution in [0, 0.1) is 6.92 Å². The van der Waals surface area contributed by atoms with Gasteiger partial charge in [-0.05, 0) is 43.5 Å². The Morgan fingerprint density at radius 2 is 2.31 bits per heavy atom. The smallest absolute Gasteiger partial charge is 0.118 e. The highest BCUT2D eigenvalue weighted by atomic mass is 16.3. The van der Waals surface area contributed by atoms with Gasteiger partial charge in [0.2, 0.25) is 0 Å². The molecule has 13 heavy (non-hydrogen) atoms. The van der Waals surface area contributed by atoms with Crippen LogP contribution >= 0.6 is 0 Å². The van der Waals surface area contributed by atoms with Crippen molar-refractivity contribution in [2.75, 3.05) is 6.54 Å². The molecule has 2 N–H and O–H groups in total. The first-order valence-electron chi connectivity index (χ1n) is 4.80. The van der Waals surface area contributed by atoms with Crippen molar-refractivity contribution in [3.63, 3.8) is 0 Å². The highest BCUT2D eigenvalue weighted by molar-refractivity contribution is 5.36. The number of phenolic OH excluding ortho intramolecular Hbond substituents is 1. The fourth-order valence-electron chi connectivity index (χ4n) is 1.81. The van der Waals surface area contributed by atoms with E-state index < -0.39 is 0 Å². The summed E-state index contributed by atoms with van der Waals surface area (Å²) in [5, 5.41) is 12.9.